The molecule has 5 heteroatoms. The van der Waals surface area contributed by atoms with E-state index < -0.39 is 23.3 Å². The highest BCUT2D eigenvalue weighted by Gasteiger charge is 2.55. The normalized spacial score (nSPS) is 30.1. The van der Waals surface area contributed by atoms with E-state index in [2.05, 4.69) is 0 Å². The summed E-state index contributed by atoms with van der Waals surface area (Å²) in [5, 5.41) is 10.1. The number of fused-ring (bicyclic) bond motifs is 2. The minimum atomic E-state index is -1.16. The van der Waals surface area contributed by atoms with Crippen molar-refractivity contribution < 1.29 is 19.4 Å². The van der Waals surface area contributed by atoms with Crippen molar-refractivity contribution in [2.45, 2.75) is 63.9 Å². The molecule has 0 aromatic heterocycles. The average Bonchev–Trinajstić information content (AvgIpc) is 2.59. The van der Waals surface area contributed by atoms with Crippen molar-refractivity contribution in [1.29, 1.82) is 0 Å². The van der Waals surface area contributed by atoms with Crippen molar-refractivity contribution in [3.8, 4) is 0 Å². The number of hydrogen-bond donors (Lipinski definition) is 1. The fourth-order valence-electron chi connectivity index (χ4n) is 2.22. The van der Waals surface area contributed by atoms with Crippen LogP contribution < -0.4 is 0 Å². The maximum absolute atomic E-state index is 12.2. The first-order valence-electron chi connectivity index (χ1n) is 5.92. The zero-order chi connectivity index (χ0) is 13.0. The van der Waals surface area contributed by atoms with Gasteiger partial charge >= 0.3 is 0 Å². The molecule has 2 fully saturated rings. The largest absolute Gasteiger partial charge is 0.388 e. The van der Waals surface area contributed by atoms with E-state index in [0.29, 0.717) is 12.8 Å². The van der Waals surface area contributed by atoms with Crippen LogP contribution in [0.1, 0.15) is 40.5 Å². The number of ether oxygens (including phenoxy) is 1. The molecule has 2 aliphatic heterocycles. The van der Waals surface area contributed by atoms with E-state index in [0.717, 1.165) is 0 Å². The Hall–Kier alpha value is -0.940. The Morgan fingerprint density at radius 3 is 1.88 bits per heavy atom. The molecule has 5 nitrogen and oxygen atoms in total. The predicted molar refractivity (Wildman–Crippen MR) is 60.1 cm³/mol. The number of rotatable bonds is 2. The average molecular weight is 241 g/mol. The summed E-state index contributed by atoms with van der Waals surface area (Å²) >= 11 is 0. The molecule has 2 saturated heterocycles. The predicted octanol–water partition coefficient (Wildman–Crippen LogP) is 0.452. The van der Waals surface area contributed by atoms with Crippen LogP contribution in [0.25, 0.3) is 0 Å². The maximum atomic E-state index is 12.2. The van der Waals surface area contributed by atoms with Gasteiger partial charge in [-0.3, -0.25) is 14.5 Å². The molecule has 2 unspecified atom stereocenters. The molecule has 0 aromatic rings. The van der Waals surface area contributed by atoms with Gasteiger partial charge in [-0.2, -0.15) is 0 Å². The van der Waals surface area contributed by atoms with Crippen molar-refractivity contribution in [2.75, 3.05) is 0 Å². The number of carbonyl (C=O) groups excluding carboxylic acids is 2. The van der Waals surface area contributed by atoms with E-state index >= 15 is 0 Å². The first kappa shape index (κ1) is 12.5. The fourth-order valence-corrected chi connectivity index (χ4v) is 2.22. The van der Waals surface area contributed by atoms with Crippen molar-refractivity contribution in [3.63, 3.8) is 0 Å². The SMILES string of the molecule is CC(C)(O)C(C)(C)N1C(=O)C2CCC(O2)C1=O. The van der Waals surface area contributed by atoms with Crippen LogP contribution in [0.15, 0.2) is 0 Å². The summed E-state index contributed by atoms with van der Waals surface area (Å²) in [7, 11) is 0. The molecule has 17 heavy (non-hydrogen) atoms. The Balaban J connectivity index is 2.38. The number of imide groups is 1. The van der Waals surface area contributed by atoms with Crippen molar-refractivity contribution in [3.05, 3.63) is 0 Å². The molecule has 0 saturated carbocycles. The van der Waals surface area contributed by atoms with Gasteiger partial charge in [0.25, 0.3) is 11.8 Å². The second kappa shape index (κ2) is 3.53. The first-order chi connectivity index (χ1) is 7.66. The lowest BCUT2D eigenvalue weighted by molar-refractivity contribution is -0.185. The monoisotopic (exact) mass is 241 g/mol. The van der Waals surface area contributed by atoms with E-state index in [1.54, 1.807) is 27.7 Å². The Bertz CT molecular complexity index is 347. The van der Waals surface area contributed by atoms with Gasteiger partial charge in [0.15, 0.2) is 0 Å². The van der Waals surface area contributed by atoms with Gasteiger partial charge in [0, 0.05) is 0 Å². The number of morpholine rings is 1. The summed E-state index contributed by atoms with van der Waals surface area (Å²) < 4.78 is 5.34. The Kier molecular flexibility index (Phi) is 2.60. The van der Waals surface area contributed by atoms with Crippen LogP contribution in [0.5, 0.6) is 0 Å². The van der Waals surface area contributed by atoms with E-state index in [1.165, 1.54) is 4.90 Å². The Morgan fingerprint density at radius 1 is 1.12 bits per heavy atom. The zero-order valence-corrected chi connectivity index (χ0v) is 10.7. The van der Waals surface area contributed by atoms with Crippen LogP contribution in [0.2, 0.25) is 0 Å². The molecule has 2 heterocycles. The minimum Gasteiger partial charge on any atom is -0.388 e. The molecular weight excluding hydrogens is 222 g/mol. The molecule has 1 N–H and O–H groups in total. The number of carbonyl (C=O) groups is 2. The molecule has 2 amide bonds. The maximum Gasteiger partial charge on any atom is 0.259 e. The van der Waals surface area contributed by atoms with Gasteiger partial charge in [0.2, 0.25) is 0 Å². The van der Waals surface area contributed by atoms with Gasteiger partial charge in [0.1, 0.15) is 12.2 Å². The summed E-state index contributed by atoms with van der Waals surface area (Å²) in [5.41, 5.74) is -2.10. The number of likely N-dealkylation sites (tertiary alicyclic amines) is 1. The van der Waals surface area contributed by atoms with Crippen LogP contribution in [-0.4, -0.2) is 45.2 Å². The fraction of sp³-hybridized carbons (Fsp3) is 0.833. The molecule has 0 spiro atoms. The first-order valence-corrected chi connectivity index (χ1v) is 5.92. The zero-order valence-electron chi connectivity index (χ0n) is 10.7. The lowest BCUT2D eigenvalue weighted by Crippen LogP contribution is -2.66. The van der Waals surface area contributed by atoms with Gasteiger partial charge in [-0.05, 0) is 40.5 Å². The van der Waals surface area contributed by atoms with Crippen molar-refractivity contribution >= 4 is 11.8 Å². The van der Waals surface area contributed by atoms with Gasteiger partial charge in [-0.25, -0.2) is 0 Å². The molecule has 2 bridgehead atoms. The van der Waals surface area contributed by atoms with E-state index in [1.807, 2.05) is 0 Å². The van der Waals surface area contributed by atoms with Crippen LogP contribution in [0.3, 0.4) is 0 Å². The topological polar surface area (TPSA) is 66.8 Å². The summed E-state index contributed by atoms with van der Waals surface area (Å²) in [6.45, 7) is 6.61. The van der Waals surface area contributed by atoms with Gasteiger partial charge < -0.3 is 9.84 Å². The quantitative estimate of drug-likeness (QED) is 0.713. The molecule has 0 aliphatic carbocycles. The lowest BCUT2D eigenvalue weighted by Gasteiger charge is -2.47. The van der Waals surface area contributed by atoms with Gasteiger partial charge in [-0.15, -0.1) is 0 Å². The van der Waals surface area contributed by atoms with Crippen molar-refractivity contribution in [2.24, 2.45) is 0 Å². The third-order valence-electron chi connectivity index (χ3n) is 4.07. The number of amides is 2. The van der Waals surface area contributed by atoms with Gasteiger partial charge in [0.05, 0.1) is 11.1 Å². The van der Waals surface area contributed by atoms with Crippen molar-refractivity contribution in [1.82, 2.24) is 4.90 Å². The summed E-state index contributed by atoms with van der Waals surface area (Å²) in [6.07, 6.45) is 0.153. The molecule has 2 aliphatic rings. The molecule has 0 radical (unpaired) electrons. The minimum absolute atomic E-state index is 0.323. The summed E-state index contributed by atoms with van der Waals surface area (Å²) in [5.74, 6) is -0.647. The van der Waals surface area contributed by atoms with E-state index in [4.69, 9.17) is 4.74 Å². The highest BCUT2D eigenvalue weighted by Crippen LogP contribution is 2.36. The smallest absolute Gasteiger partial charge is 0.259 e. The van der Waals surface area contributed by atoms with Crippen LogP contribution in [0, 0.1) is 0 Å². The Labute approximate surface area is 101 Å². The van der Waals surface area contributed by atoms with Crippen LogP contribution in [0.4, 0.5) is 0 Å². The molecule has 96 valence electrons. The number of aliphatic hydroxyl groups is 1. The standard InChI is InChI=1S/C12H19NO4/c1-11(2,12(3,4)16)13-9(14)7-5-6-8(17-7)10(13)15/h7-8,16H,5-6H2,1-4H3. The second-order valence-corrected chi connectivity index (χ2v) is 5.82. The molecule has 2 atom stereocenters. The summed E-state index contributed by atoms with van der Waals surface area (Å²) in [6, 6.07) is 0. The molecule has 0 aromatic carbocycles. The molecule has 2 rings (SSSR count). The van der Waals surface area contributed by atoms with Gasteiger partial charge in [-0.1, -0.05) is 0 Å². The number of hydrogen-bond acceptors (Lipinski definition) is 4. The van der Waals surface area contributed by atoms with E-state index in [9.17, 15) is 14.7 Å². The molecular formula is C12H19NO4. The third-order valence-corrected chi connectivity index (χ3v) is 4.07. The second-order valence-electron chi connectivity index (χ2n) is 5.82. The van der Waals surface area contributed by atoms with E-state index in [-0.39, 0.29) is 11.8 Å². The highest BCUT2D eigenvalue weighted by atomic mass is 16.5. The number of nitrogens with zero attached hydrogens (tertiary/aromatic N) is 1. The Morgan fingerprint density at radius 2 is 1.53 bits per heavy atom. The highest BCUT2D eigenvalue weighted by molar-refractivity contribution is 6.03. The van der Waals surface area contributed by atoms with Crippen LogP contribution >= 0.6 is 0 Å². The summed E-state index contributed by atoms with van der Waals surface area (Å²) in [4.78, 5) is 25.5. The third kappa shape index (κ3) is 1.68. The van der Waals surface area contributed by atoms with Crippen LogP contribution in [-0.2, 0) is 14.3 Å². The lowest BCUT2D eigenvalue weighted by atomic mass is 9.83.